The highest BCUT2D eigenvalue weighted by molar-refractivity contribution is 5.84. The Labute approximate surface area is 117 Å². The maximum atomic E-state index is 12.1. The van der Waals surface area contributed by atoms with Gasteiger partial charge in [-0.25, -0.2) is 9.59 Å². The van der Waals surface area contributed by atoms with Crippen molar-refractivity contribution in [2.45, 2.75) is 19.5 Å². The molecular formula is C13H19N3O4. The number of nitrogens with zero attached hydrogens (tertiary/aromatic N) is 2. The molecule has 110 valence electrons. The van der Waals surface area contributed by atoms with Gasteiger partial charge in [0.05, 0.1) is 6.54 Å². The number of carbonyl (C=O) groups excluding carboxylic acids is 1. The molecule has 1 atom stereocenters. The number of hydrogen-bond donors (Lipinski definition) is 2. The van der Waals surface area contributed by atoms with Gasteiger partial charge in [-0.05, 0) is 26.1 Å². The van der Waals surface area contributed by atoms with E-state index in [0.717, 1.165) is 13.1 Å². The molecule has 7 nitrogen and oxygen atoms in total. The van der Waals surface area contributed by atoms with Gasteiger partial charge < -0.3 is 24.6 Å². The van der Waals surface area contributed by atoms with Crippen LogP contribution in [0.1, 0.15) is 23.2 Å². The summed E-state index contributed by atoms with van der Waals surface area (Å²) in [6, 6.07) is 2.93. The van der Waals surface area contributed by atoms with Crippen LogP contribution in [0.25, 0.3) is 0 Å². The van der Waals surface area contributed by atoms with Crippen LogP contribution in [0.4, 0.5) is 4.79 Å². The third-order valence-electron chi connectivity index (χ3n) is 3.38. The molecule has 2 N–H and O–H groups in total. The SMILES string of the molecule is CC1CN(C)CCN1C(=O)NCc1ccc(C(=O)O)o1. The quantitative estimate of drug-likeness (QED) is 0.856. The number of urea groups is 1. The number of carbonyl (C=O) groups is 2. The molecule has 7 heteroatoms. The molecule has 0 aromatic carbocycles. The average Bonchev–Trinajstić information content (AvgIpc) is 2.85. The summed E-state index contributed by atoms with van der Waals surface area (Å²) < 4.78 is 5.09. The number of carboxylic acids is 1. The van der Waals surface area contributed by atoms with E-state index in [4.69, 9.17) is 9.52 Å². The van der Waals surface area contributed by atoms with Crippen molar-refractivity contribution in [2.24, 2.45) is 0 Å². The first-order valence-electron chi connectivity index (χ1n) is 6.52. The van der Waals surface area contributed by atoms with Crippen LogP contribution in [0.15, 0.2) is 16.5 Å². The Hall–Kier alpha value is -2.02. The van der Waals surface area contributed by atoms with Crippen LogP contribution in [-0.4, -0.2) is 59.6 Å². The van der Waals surface area contributed by atoms with Crippen molar-refractivity contribution in [1.82, 2.24) is 15.1 Å². The van der Waals surface area contributed by atoms with Crippen LogP contribution >= 0.6 is 0 Å². The van der Waals surface area contributed by atoms with Gasteiger partial charge in [0.1, 0.15) is 5.76 Å². The molecule has 1 unspecified atom stereocenters. The van der Waals surface area contributed by atoms with Crippen molar-refractivity contribution in [1.29, 1.82) is 0 Å². The fourth-order valence-electron chi connectivity index (χ4n) is 2.29. The molecule has 0 spiro atoms. The number of carboxylic acid groups (broad SMARTS) is 1. The van der Waals surface area contributed by atoms with Crippen LogP contribution in [0.5, 0.6) is 0 Å². The number of rotatable bonds is 3. The molecule has 1 saturated heterocycles. The van der Waals surface area contributed by atoms with E-state index in [0.29, 0.717) is 12.3 Å². The third-order valence-corrected chi connectivity index (χ3v) is 3.38. The van der Waals surface area contributed by atoms with E-state index in [2.05, 4.69) is 10.2 Å². The summed E-state index contributed by atoms with van der Waals surface area (Å²) in [5.74, 6) is -0.810. The molecule has 2 amide bonds. The van der Waals surface area contributed by atoms with E-state index in [-0.39, 0.29) is 24.4 Å². The van der Waals surface area contributed by atoms with E-state index >= 15 is 0 Å². The highest BCUT2D eigenvalue weighted by Crippen LogP contribution is 2.10. The van der Waals surface area contributed by atoms with Gasteiger partial charge in [0, 0.05) is 25.7 Å². The minimum atomic E-state index is -1.12. The van der Waals surface area contributed by atoms with Crippen molar-refractivity contribution >= 4 is 12.0 Å². The Bertz CT molecular complexity index is 500. The average molecular weight is 281 g/mol. The van der Waals surface area contributed by atoms with Crippen LogP contribution in [0.3, 0.4) is 0 Å². The molecule has 1 aliphatic rings. The summed E-state index contributed by atoms with van der Waals surface area (Å²) in [6.45, 7) is 4.57. The van der Waals surface area contributed by atoms with Crippen molar-refractivity contribution < 1.29 is 19.1 Å². The van der Waals surface area contributed by atoms with E-state index in [1.807, 2.05) is 14.0 Å². The van der Waals surface area contributed by atoms with Gasteiger partial charge in [0.25, 0.3) is 0 Å². The van der Waals surface area contributed by atoms with Crippen LogP contribution in [0, 0.1) is 0 Å². The number of likely N-dealkylation sites (N-methyl/N-ethyl adjacent to an activating group) is 1. The lowest BCUT2D eigenvalue weighted by Gasteiger charge is -2.38. The monoisotopic (exact) mass is 281 g/mol. The minimum Gasteiger partial charge on any atom is -0.475 e. The summed E-state index contributed by atoms with van der Waals surface area (Å²) in [7, 11) is 2.03. The number of piperazine rings is 1. The summed E-state index contributed by atoms with van der Waals surface area (Å²) in [6.07, 6.45) is 0. The Morgan fingerprint density at radius 3 is 2.80 bits per heavy atom. The Kier molecular flexibility index (Phi) is 4.29. The van der Waals surface area contributed by atoms with Crippen LogP contribution in [0.2, 0.25) is 0 Å². The number of nitrogens with one attached hydrogen (secondary N) is 1. The summed E-state index contributed by atoms with van der Waals surface area (Å²) in [5, 5.41) is 11.5. The maximum absolute atomic E-state index is 12.1. The lowest BCUT2D eigenvalue weighted by Crippen LogP contribution is -2.55. The number of amides is 2. The Morgan fingerprint density at radius 1 is 1.45 bits per heavy atom. The largest absolute Gasteiger partial charge is 0.475 e. The first-order chi connectivity index (χ1) is 9.47. The minimum absolute atomic E-state index is 0.123. The molecule has 1 fully saturated rings. The number of furan rings is 1. The van der Waals surface area contributed by atoms with Gasteiger partial charge in [-0.1, -0.05) is 0 Å². The van der Waals surface area contributed by atoms with Crippen molar-refractivity contribution in [3.63, 3.8) is 0 Å². The van der Waals surface area contributed by atoms with Crippen molar-refractivity contribution in [2.75, 3.05) is 26.7 Å². The molecule has 1 aliphatic heterocycles. The zero-order valence-corrected chi connectivity index (χ0v) is 11.6. The highest BCUT2D eigenvalue weighted by Gasteiger charge is 2.25. The van der Waals surface area contributed by atoms with E-state index in [1.54, 1.807) is 11.0 Å². The predicted molar refractivity (Wildman–Crippen MR) is 71.6 cm³/mol. The standard InChI is InChI=1S/C13H19N3O4/c1-9-8-15(2)5-6-16(9)13(19)14-7-10-3-4-11(20-10)12(17)18/h3-4,9H,5-8H2,1-2H3,(H,14,19)(H,17,18). The lowest BCUT2D eigenvalue weighted by atomic mass is 10.2. The first kappa shape index (κ1) is 14.4. The van der Waals surface area contributed by atoms with E-state index in [9.17, 15) is 9.59 Å². The number of aromatic carboxylic acids is 1. The second-order valence-corrected chi connectivity index (χ2v) is 5.03. The van der Waals surface area contributed by atoms with Crippen LogP contribution < -0.4 is 5.32 Å². The van der Waals surface area contributed by atoms with Gasteiger partial charge in [-0.15, -0.1) is 0 Å². The topological polar surface area (TPSA) is 86.0 Å². The molecule has 1 aromatic rings. The predicted octanol–water partition coefficient (Wildman–Crippen LogP) is 0.823. The lowest BCUT2D eigenvalue weighted by molar-refractivity contribution is 0.0660. The van der Waals surface area contributed by atoms with Crippen molar-refractivity contribution in [3.8, 4) is 0 Å². The van der Waals surface area contributed by atoms with Gasteiger partial charge in [-0.3, -0.25) is 0 Å². The molecule has 0 radical (unpaired) electrons. The van der Waals surface area contributed by atoms with E-state index in [1.165, 1.54) is 6.07 Å². The summed E-state index contributed by atoms with van der Waals surface area (Å²) in [5.41, 5.74) is 0. The van der Waals surface area contributed by atoms with Gasteiger partial charge in [-0.2, -0.15) is 0 Å². The normalized spacial score (nSPS) is 19.9. The Morgan fingerprint density at radius 2 is 2.20 bits per heavy atom. The maximum Gasteiger partial charge on any atom is 0.371 e. The zero-order valence-electron chi connectivity index (χ0n) is 11.6. The fraction of sp³-hybridized carbons (Fsp3) is 0.538. The summed E-state index contributed by atoms with van der Waals surface area (Å²) >= 11 is 0. The second kappa shape index (κ2) is 5.96. The van der Waals surface area contributed by atoms with E-state index < -0.39 is 5.97 Å². The summed E-state index contributed by atoms with van der Waals surface area (Å²) in [4.78, 5) is 26.7. The molecular weight excluding hydrogens is 262 g/mol. The molecule has 20 heavy (non-hydrogen) atoms. The fourth-order valence-corrected chi connectivity index (χ4v) is 2.29. The molecule has 0 bridgehead atoms. The Balaban J connectivity index is 1.86. The molecule has 1 aromatic heterocycles. The molecule has 0 aliphatic carbocycles. The molecule has 2 rings (SSSR count). The third kappa shape index (κ3) is 3.30. The van der Waals surface area contributed by atoms with Gasteiger partial charge >= 0.3 is 12.0 Å². The van der Waals surface area contributed by atoms with Gasteiger partial charge in [0.2, 0.25) is 5.76 Å². The second-order valence-electron chi connectivity index (χ2n) is 5.03. The highest BCUT2D eigenvalue weighted by atomic mass is 16.4. The molecule has 2 heterocycles. The van der Waals surface area contributed by atoms with Crippen molar-refractivity contribution in [3.05, 3.63) is 23.7 Å². The van der Waals surface area contributed by atoms with Gasteiger partial charge in [0.15, 0.2) is 0 Å². The first-order valence-corrected chi connectivity index (χ1v) is 6.52. The zero-order chi connectivity index (χ0) is 14.7. The number of hydrogen-bond acceptors (Lipinski definition) is 4. The smallest absolute Gasteiger partial charge is 0.371 e. The molecule has 0 saturated carbocycles. The van der Waals surface area contributed by atoms with Crippen LogP contribution in [-0.2, 0) is 6.54 Å².